The zero-order valence-corrected chi connectivity index (χ0v) is 17.0. The van der Waals surface area contributed by atoms with Gasteiger partial charge in [-0.2, -0.15) is 0 Å². The quantitative estimate of drug-likeness (QED) is 0.545. The molecule has 0 radical (unpaired) electrons. The molecule has 4 nitrogen and oxygen atoms in total. The van der Waals surface area contributed by atoms with Crippen molar-refractivity contribution < 1.29 is 9.53 Å². The first kappa shape index (κ1) is 21.7. The average Bonchev–Trinajstić information content (AvgIpc) is 2.53. The summed E-state index contributed by atoms with van der Waals surface area (Å²) in [7, 11) is 1.88. The van der Waals surface area contributed by atoms with Gasteiger partial charge in [-0.05, 0) is 51.8 Å². The summed E-state index contributed by atoms with van der Waals surface area (Å²) in [5.41, 5.74) is 3.65. The van der Waals surface area contributed by atoms with Gasteiger partial charge in [0, 0.05) is 42.7 Å². The number of ether oxygens (including phenoxy) is 1. The monoisotopic (exact) mass is 356 g/mol. The highest BCUT2D eigenvalue weighted by molar-refractivity contribution is 6.03. The summed E-state index contributed by atoms with van der Waals surface area (Å²) in [5.74, 6) is 0.651. The van der Waals surface area contributed by atoms with Gasteiger partial charge in [0.25, 0.3) is 0 Å². The van der Waals surface area contributed by atoms with E-state index >= 15 is 0 Å². The van der Waals surface area contributed by atoms with Gasteiger partial charge >= 0.3 is 0 Å². The molecule has 0 N–H and O–H groups in total. The number of rotatable bonds is 10. The summed E-state index contributed by atoms with van der Waals surface area (Å²) in [5, 5.41) is 0. The van der Waals surface area contributed by atoms with Crippen molar-refractivity contribution in [3.05, 3.63) is 59.6 Å². The van der Waals surface area contributed by atoms with E-state index in [2.05, 4.69) is 18.5 Å². The van der Waals surface area contributed by atoms with Crippen LogP contribution >= 0.6 is 0 Å². The van der Waals surface area contributed by atoms with Gasteiger partial charge in [0.2, 0.25) is 5.88 Å². The lowest BCUT2D eigenvalue weighted by Crippen LogP contribution is -2.16. The summed E-state index contributed by atoms with van der Waals surface area (Å²) in [6, 6.07) is 3.97. The fraction of sp³-hybridized carbons (Fsp3) is 0.455. The Balaban J connectivity index is 2.71. The van der Waals surface area contributed by atoms with Crippen molar-refractivity contribution in [2.24, 2.45) is 0 Å². The maximum absolute atomic E-state index is 12.2. The second kappa shape index (κ2) is 10.6. The van der Waals surface area contributed by atoms with Gasteiger partial charge in [-0.15, -0.1) is 0 Å². The second-order valence-corrected chi connectivity index (χ2v) is 6.81. The molecule has 1 rings (SSSR count). The van der Waals surface area contributed by atoms with Crippen LogP contribution in [0.5, 0.6) is 5.88 Å². The van der Waals surface area contributed by atoms with Crippen molar-refractivity contribution in [3.63, 3.8) is 0 Å². The number of carbonyl (C=O) groups excluding carboxylic acids is 1. The molecule has 0 fully saturated rings. The summed E-state index contributed by atoms with van der Waals surface area (Å²) < 4.78 is 6.05. The van der Waals surface area contributed by atoms with Gasteiger partial charge < -0.3 is 9.64 Å². The van der Waals surface area contributed by atoms with E-state index in [0.717, 1.165) is 29.8 Å². The van der Waals surface area contributed by atoms with Gasteiger partial charge in [0.15, 0.2) is 5.78 Å². The van der Waals surface area contributed by atoms with Crippen LogP contribution in [0.25, 0.3) is 0 Å². The van der Waals surface area contributed by atoms with Gasteiger partial charge in [-0.1, -0.05) is 26.0 Å². The van der Waals surface area contributed by atoms with Crippen LogP contribution in [0.1, 0.15) is 51.3 Å². The molecular weight excluding hydrogens is 324 g/mol. The van der Waals surface area contributed by atoms with Gasteiger partial charge in [0.1, 0.15) is 6.10 Å². The number of aryl methyl sites for hydroxylation is 2. The number of nitrogens with zero attached hydrogens (tertiary/aromatic N) is 2. The predicted octanol–water partition coefficient (Wildman–Crippen LogP) is 5.13. The molecule has 0 saturated carbocycles. The number of pyridine rings is 1. The summed E-state index contributed by atoms with van der Waals surface area (Å²) in [6.45, 7) is 13.7. The molecule has 1 aromatic heterocycles. The molecule has 0 saturated heterocycles. The van der Waals surface area contributed by atoms with Crippen LogP contribution < -0.4 is 4.74 Å². The van der Waals surface area contributed by atoms with E-state index in [4.69, 9.17) is 4.74 Å². The zero-order valence-electron chi connectivity index (χ0n) is 17.0. The van der Waals surface area contributed by atoms with Crippen LogP contribution in [0.15, 0.2) is 48.3 Å². The Morgan fingerprint density at radius 2 is 2.04 bits per heavy atom. The number of aromatic nitrogens is 1. The Morgan fingerprint density at radius 3 is 2.62 bits per heavy atom. The van der Waals surface area contributed by atoms with E-state index < -0.39 is 0 Å². The molecule has 1 heterocycles. The predicted molar refractivity (Wildman–Crippen MR) is 108 cm³/mol. The Kier molecular flexibility index (Phi) is 8.83. The summed E-state index contributed by atoms with van der Waals surface area (Å²) >= 11 is 0. The third-order valence-electron chi connectivity index (χ3n) is 4.02. The first-order valence-electron chi connectivity index (χ1n) is 9.12. The van der Waals surface area contributed by atoms with Crippen LogP contribution in [0, 0.1) is 13.8 Å². The zero-order chi connectivity index (χ0) is 19.7. The van der Waals surface area contributed by atoms with Crippen molar-refractivity contribution >= 4 is 5.78 Å². The van der Waals surface area contributed by atoms with Crippen molar-refractivity contribution in [2.75, 3.05) is 7.05 Å². The number of ketones is 1. The van der Waals surface area contributed by atoms with E-state index in [1.165, 1.54) is 0 Å². The number of allylic oxidation sites excluding steroid dienone is 3. The highest BCUT2D eigenvalue weighted by Crippen LogP contribution is 2.17. The summed E-state index contributed by atoms with van der Waals surface area (Å²) in [4.78, 5) is 18.5. The Hall–Kier alpha value is -2.36. The first-order chi connectivity index (χ1) is 12.2. The average molecular weight is 357 g/mol. The first-order valence-corrected chi connectivity index (χ1v) is 9.12. The Labute approximate surface area is 158 Å². The maximum Gasteiger partial charge on any atom is 0.213 e. The fourth-order valence-corrected chi connectivity index (χ4v) is 2.50. The molecule has 0 spiro atoms. The van der Waals surface area contributed by atoms with Crippen LogP contribution in [0.2, 0.25) is 0 Å². The molecular formula is C22H32N2O2. The molecule has 1 aromatic rings. The highest BCUT2D eigenvalue weighted by atomic mass is 16.5. The molecule has 0 aliphatic heterocycles. The number of hydrogen-bond acceptors (Lipinski definition) is 4. The molecule has 1 atom stereocenters. The largest absolute Gasteiger partial charge is 0.474 e. The van der Waals surface area contributed by atoms with Crippen molar-refractivity contribution in [3.8, 4) is 5.88 Å². The molecule has 0 aromatic carbocycles. The van der Waals surface area contributed by atoms with Gasteiger partial charge in [-0.3, -0.25) is 4.79 Å². The van der Waals surface area contributed by atoms with E-state index in [-0.39, 0.29) is 11.9 Å². The van der Waals surface area contributed by atoms with E-state index in [9.17, 15) is 4.79 Å². The molecule has 0 amide bonds. The standard InChI is InChI=1S/C22H32N2O2/c1-8-10-20(26-22-14-17(4)13-19(6)23-22)11-9-12-21(25)18(5)15-24(7)16(2)3/h9,12-15,20H,2,8,10-11H2,1,3-7H3/b12-9+,18-15+/t20-/m1/s1. The van der Waals surface area contributed by atoms with Gasteiger partial charge in [-0.25, -0.2) is 4.98 Å². The smallest absolute Gasteiger partial charge is 0.213 e. The Morgan fingerprint density at radius 1 is 1.35 bits per heavy atom. The normalized spacial score (nSPS) is 12.9. The van der Waals surface area contributed by atoms with Crippen LogP contribution in [0.3, 0.4) is 0 Å². The minimum absolute atomic E-state index is 0.00197. The van der Waals surface area contributed by atoms with E-state index in [1.807, 2.05) is 57.9 Å². The fourth-order valence-electron chi connectivity index (χ4n) is 2.50. The minimum Gasteiger partial charge on any atom is -0.474 e. The van der Waals surface area contributed by atoms with Crippen LogP contribution in [-0.4, -0.2) is 28.8 Å². The molecule has 0 bridgehead atoms. The number of carbonyl (C=O) groups is 1. The van der Waals surface area contributed by atoms with Crippen LogP contribution in [0.4, 0.5) is 0 Å². The molecule has 26 heavy (non-hydrogen) atoms. The van der Waals surface area contributed by atoms with Gasteiger partial charge in [0.05, 0.1) is 0 Å². The minimum atomic E-state index is -0.00197. The third-order valence-corrected chi connectivity index (χ3v) is 4.02. The molecule has 0 aliphatic rings. The lowest BCUT2D eigenvalue weighted by Gasteiger charge is -2.17. The lowest BCUT2D eigenvalue weighted by atomic mass is 10.1. The molecule has 142 valence electrons. The van der Waals surface area contributed by atoms with E-state index in [0.29, 0.717) is 17.9 Å². The second-order valence-electron chi connectivity index (χ2n) is 6.81. The van der Waals surface area contributed by atoms with Crippen molar-refractivity contribution in [2.45, 2.75) is 60.0 Å². The topological polar surface area (TPSA) is 42.4 Å². The number of hydrogen-bond donors (Lipinski definition) is 0. The van der Waals surface area contributed by atoms with Crippen molar-refractivity contribution in [1.82, 2.24) is 9.88 Å². The van der Waals surface area contributed by atoms with Crippen molar-refractivity contribution in [1.29, 1.82) is 0 Å². The summed E-state index contributed by atoms with van der Waals surface area (Å²) in [6.07, 6.45) is 7.94. The SMILES string of the molecule is C=C(C)N(C)/C=C(\C)C(=O)/C=C/C[C@@H](CCC)Oc1cc(C)cc(C)n1. The maximum atomic E-state index is 12.2. The Bertz CT molecular complexity index is 669. The molecule has 0 aliphatic carbocycles. The lowest BCUT2D eigenvalue weighted by molar-refractivity contribution is -0.111. The molecule has 0 unspecified atom stereocenters. The highest BCUT2D eigenvalue weighted by Gasteiger charge is 2.10. The molecule has 4 heteroatoms. The van der Waals surface area contributed by atoms with Crippen LogP contribution in [-0.2, 0) is 4.79 Å². The van der Waals surface area contributed by atoms with E-state index in [1.54, 1.807) is 12.3 Å². The third kappa shape index (κ3) is 7.68.